The summed E-state index contributed by atoms with van der Waals surface area (Å²) in [6.07, 6.45) is 8.44. The number of morpholine rings is 1. The molecule has 1 aliphatic carbocycles. The van der Waals surface area contributed by atoms with E-state index in [1.54, 1.807) is 29.6 Å². The van der Waals surface area contributed by atoms with Gasteiger partial charge in [-0.3, -0.25) is 9.59 Å². The van der Waals surface area contributed by atoms with Crippen molar-refractivity contribution in [1.29, 1.82) is 0 Å². The Labute approximate surface area is 247 Å². The fourth-order valence-electron chi connectivity index (χ4n) is 6.16. The molecule has 226 valence electrons. The van der Waals surface area contributed by atoms with Gasteiger partial charge in [-0.2, -0.15) is 0 Å². The van der Waals surface area contributed by atoms with Crippen LogP contribution in [0.4, 0.5) is 8.78 Å². The van der Waals surface area contributed by atoms with Gasteiger partial charge in [0.2, 0.25) is 5.91 Å². The van der Waals surface area contributed by atoms with Gasteiger partial charge in [-0.25, -0.2) is 21.9 Å². The van der Waals surface area contributed by atoms with Gasteiger partial charge in [-0.15, -0.1) is 0 Å². The maximum Gasteiger partial charge on any atom is 0.267 e. The lowest BCUT2D eigenvalue weighted by molar-refractivity contribution is -0.135. The minimum Gasteiger partial charge on any atom is -0.472 e. The van der Waals surface area contributed by atoms with Crippen LogP contribution in [0.5, 0.6) is 0 Å². The summed E-state index contributed by atoms with van der Waals surface area (Å²) in [7, 11) is -4.72. The minimum atomic E-state index is -4.72. The number of carbonyl (C=O) groups excluding carboxylic acids is 2. The summed E-state index contributed by atoms with van der Waals surface area (Å²) in [6.45, 7) is 1.82. The second kappa shape index (κ2) is 11.9. The van der Waals surface area contributed by atoms with Crippen LogP contribution in [0, 0.1) is 11.6 Å². The Morgan fingerprint density at radius 3 is 2.47 bits per heavy atom. The average Bonchev–Trinajstić information content (AvgIpc) is 3.65. The summed E-state index contributed by atoms with van der Waals surface area (Å²) in [6, 6.07) is 8.65. The number of furan rings is 1. The highest BCUT2D eigenvalue weighted by atomic mass is 32.2. The van der Waals surface area contributed by atoms with Crippen LogP contribution in [0.25, 0.3) is 22.2 Å². The molecule has 0 spiro atoms. The zero-order chi connectivity index (χ0) is 30.1. The molecule has 0 atom stereocenters. The molecule has 1 saturated carbocycles. The van der Waals surface area contributed by atoms with Gasteiger partial charge >= 0.3 is 0 Å². The van der Waals surface area contributed by atoms with Crippen LogP contribution in [-0.4, -0.2) is 56.0 Å². The second-order valence-corrected chi connectivity index (χ2v) is 12.6. The normalized spacial score (nSPS) is 16.5. The first kappa shape index (κ1) is 29.1. The number of carbonyl (C=O) groups is 2. The summed E-state index contributed by atoms with van der Waals surface area (Å²) in [5.74, 6) is -3.05. The molecule has 2 aliphatic rings. The van der Waals surface area contributed by atoms with Crippen LogP contribution in [0.1, 0.15) is 53.9 Å². The number of hydrogen-bond donors (Lipinski definition) is 1. The smallest absolute Gasteiger partial charge is 0.267 e. The Morgan fingerprint density at radius 2 is 1.74 bits per heavy atom. The molecule has 2 fully saturated rings. The molecule has 0 unspecified atom stereocenters. The molecule has 6 rings (SSSR count). The van der Waals surface area contributed by atoms with E-state index in [9.17, 15) is 26.8 Å². The van der Waals surface area contributed by atoms with Crippen molar-refractivity contribution in [3.8, 4) is 11.3 Å². The van der Waals surface area contributed by atoms with Crippen molar-refractivity contribution >= 4 is 32.7 Å². The molecule has 3 heterocycles. The highest BCUT2D eigenvalue weighted by Crippen LogP contribution is 2.44. The van der Waals surface area contributed by atoms with Crippen molar-refractivity contribution in [3.63, 3.8) is 0 Å². The van der Waals surface area contributed by atoms with Gasteiger partial charge in [0.25, 0.3) is 15.9 Å². The number of fused-ring (bicyclic) bond motifs is 1. The van der Waals surface area contributed by atoms with Gasteiger partial charge in [0.05, 0.1) is 37.0 Å². The number of halogens is 2. The number of nitrogens with zero attached hydrogens (tertiary/aromatic N) is 2. The third-order valence-electron chi connectivity index (χ3n) is 8.24. The predicted molar refractivity (Wildman–Crippen MR) is 154 cm³/mol. The van der Waals surface area contributed by atoms with Crippen molar-refractivity contribution in [2.24, 2.45) is 0 Å². The highest BCUT2D eigenvalue weighted by Gasteiger charge is 2.30. The SMILES string of the molecule is O=C(NS(=O)(=O)c1cc(F)ccc1F)c1ccc2c(C3CCCCC3)c(-c3ccoc3)n(CC(=O)N3CCOCC3)c2c1. The van der Waals surface area contributed by atoms with Crippen LogP contribution in [0.15, 0.2) is 64.3 Å². The summed E-state index contributed by atoms with van der Waals surface area (Å²) >= 11 is 0. The lowest BCUT2D eigenvalue weighted by Crippen LogP contribution is -2.42. The molecule has 1 aliphatic heterocycles. The Balaban J connectivity index is 1.46. The van der Waals surface area contributed by atoms with E-state index < -0.39 is 32.5 Å². The molecule has 43 heavy (non-hydrogen) atoms. The largest absolute Gasteiger partial charge is 0.472 e. The Hall–Kier alpha value is -4.03. The van der Waals surface area contributed by atoms with Crippen molar-refractivity contribution in [2.45, 2.75) is 49.5 Å². The van der Waals surface area contributed by atoms with E-state index in [1.165, 1.54) is 6.07 Å². The summed E-state index contributed by atoms with van der Waals surface area (Å²) in [4.78, 5) is 27.6. The fraction of sp³-hybridized carbons (Fsp3) is 0.355. The fourth-order valence-corrected chi connectivity index (χ4v) is 7.23. The minimum absolute atomic E-state index is 0.0123. The molecule has 0 radical (unpaired) electrons. The Bertz CT molecular complexity index is 1770. The third kappa shape index (κ3) is 5.81. The number of sulfonamides is 1. The average molecular weight is 612 g/mol. The Kier molecular flexibility index (Phi) is 8.06. The molecule has 1 saturated heterocycles. The van der Waals surface area contributed by atoms with Gasteiger partial charge in [-0.1, -0.05) is 25.3 Å². The summed E-state index contributed by atoms with van der Waals surface area (Å²) in [5, 5.41) is 0.855. The number of aromatic nitrogens is 1. The number of nitrogens with one attached hydrogen (secondary N) is 1. The van der Waals surface area contributed by atoms with E-state index in [2.05, 4.69) is 0 Å². The van der Waals surface area contributed by atoms with E-state index in [4.69, 9.17) is 9.15 Å². The standard InChI is InChI=1S/C31H31F2N3O6S/c32-23-7-9-25(33)27(17-23)43(39,40)34-31(38)21-6-8-24-26(16-21)36(18-28(37)35-11-14-41-15-12-35)30(22-10-13-42-19-22)29(24)20-4-2-1-3-5-20/h6-10,13,16-17,19-20H,1-5,11-12,14-15,18H2,(H,34,38). The van der Waals surface area contributed by atoms with E-state index >= 15 is 0 Å². The van der Waals surface area contributed by atoms with Crippen LogP contribution in [0.2, 0.25) is 0 Å². The van der Waals surface area contributed by atoms with E-state index in [-0.39, 0.29) is 23.9 Å². The van der Waals surface area contributed by atoms with Crippen LogP contribution >= 0.6 is 0 Å². The topological polar surface area (TPSA) is 111 Å². The second-order valence-electron chi connectivity index (χ2n) is 10.9. The zero-order valence-corrected chi connectivity index (χ0v) is 24.2. The van der Waals surface area contributed by atoms with Crippen molar-refractivity contribution in [2.75, 3.05) is 26.3 Å². The molecular formula is C31H31F2N3O6S. The number of hydrogen-bond acceptors (Lipinski definition) is 6. The predicted octanol–water partition coefficient (Wildman–Crippen LogP) is 5.20. The van der Waals surface area contributed by atoms with E-state index in [0.717, 1.165) is 60.4 Å². The lowest BCUT2D eigenvalue weighted by Gasteiger charge is -2.27. The lowest BCUT2D eigenvalue weighted by atomic mass is 9.82. The van der Waals surface area contributed by atoms with Gasteiger partial charge in [0.15, 0.2) is 0 Å². The van der Waals surface area contributed by atoms with Crippen LogP contribution < -0.4 is 4.72 Å². The quantitative estimate of drug-likeness (QED) is 0.308. The molecule has 0 bridgehead atoms. The van der Waals surface area contributed by atoms with E-state index in [0.29, 0.717) is 44.0 Å². The Morgan fingerprint density at radius 1 is 0.977 bits per heavy atom. The molecule has 2 aromatic carbocycles. The molecule has 1 N–H and O–H groups in total. The first-order valence-corrected chi connectivity index (χ1v) is 15.8. The first-order valence-electron chi connectivity index (χ1n) is 14.3. The zero-order valence-electron chi connectivity index (χ0n) is 23.4. The van der Waals surface area contributed by atoms with Gasteiger partial charge in [-0.05, 0) is 60.7 Å². The number of rotatable bonds is 7. The third-order valence-corrected chi connectivity index (χ3v) is 9.59. The van der Waals surface area contributed by atoms with Crippen molar-refractivity contribution in [1.82, 2.24) is 14.2 Å². The van der Waals surface area contributed by atoms with Crippen molar-refractivity contribution < 1.29 is 35.9 Å². The molecule has 4 aromatic rings. The molecule has 9 nitrogen and oxygen atoms in total. The monoisotopic (exact) mass is 611 g/mol. The molecule has 12 heteroatoms. The maximum atomic E-state index is 14.3. The first-order chi connectivity index (χ1) is 20.7. The van der Waals surface area contributed by atoms with Gasteiger partial charge in [0, 0.05) is 29.6 Å². The van der Waals surface area contributed by atoms with Crippen molar-refractivity contribution in [3.05, 3.63) is 77.8 Å². The number of benzene rings is 2. The molecular weight excluding hydrogens is 580 g/mol. The van der Waals surface area contributed by atoms with Gasteiger partial charge < -0.3 is 18.6 Å². The van der Waals surface area contributed by atoms with Crippen LogP contribution in [-0.2, 0) is 26.1 Å². The molecule has 2 amide bonds. The van der Waals surface area contributed by atoms with Gasteiger partial charge in [0.1, 0.15) is 23.1 Å². The molecule has 2 aromatic heterocycles. The summed E-state index contributed by atoms with van der Waals surface area (Å²) in [5.41, 5.74) is 3.25. The number of amides is 2. The summed E-state index contributed by atoms with van der Waals surface area (Å²) < 4.78 is 68.3. The highest BCUT2D eigenvalue weighted by molar-refractivity contribution is 7.90. The number of ether oxygens (including phenoxy) is 1. The maximum absolute atomic E-state index is 14.3. The van der Waals surface area contributed by atoms with Crippen LogP contribution in [0.3, 0.4) is 0 Å². The van der Waals surface area contributed by atoms with E-state index in [1.807, 2.05) is 15.4 Å².